The minimum absolute atomic E-state index is 0.0624. The summed E-state index contributed by atoms with van der Waals surface area (Å²) >= 11 is 0. The highest BCUT2D eigenvalue weighted by atomic mass is 16.2. The number of carbonyl (C=O) groups excluding carboxylic acids is 1. The van der Waals surface area contributed by atoms with Crippen molar-refractivity contribution in [1.29, 1.82) is 0 Å². The highest BCUT2D eigenvalue weighted by molar-refractivity contribution is 5.92. The summed E-state index contributed by atoms with van der Waals surface area (Å²) in [5.41, 5.74) is 7.41. The number of piperidine rings is 1. The van der Waals surface area contributed by atoms with Crippen LogP contribution < -0.4 is 10.6 Å². The molecule has 0 aliphatic carbocycles. The highest BCUT2D eigenvalue weighted by Crippen LogP contribution is 2.26. The molecule has 1 aliphatic rings. The fourth-order valence-electron chi connectivity index (χ4n) is 2.65. The first-order chi connectivity index (χ1) is 9.52. The van der Waals surface area contributed by atoms with Crippen molar-refractivity contribution in [3.63, 3.8) is 0 Å². The molecule has 1 aromatic heterocycles. The number of nitrogens with two attached hydrogens (primary N) is 1. The molecule has 1 amide bonds. The molecule has 2 heterocycles. The van der Waals surface area contributed by atoms with Gasteiger partial charge in [0.25, 0.3) is 5.91 Å². The normalized spacial score (nSPS) is 22.7. The second-order valence-electron chi connectivity index (χ2n) is 5.81. The van der Waals surface area contributed by atoms with Crippen LogP contribution in [0.15, 0.2) is 18.3 Å². The number of amides is 1. The standard InChI is InChI=1S/C15H24N4O/c1-11-5-7-19(10-12(11)9-16)13-4-6-17-14(8-13)15(20)18(2)3/h4,6,8,11-12H,5,7,9-10,16H2,1-3H3. The quantitative estimate of drug-likeness (QED) is 0.901. The van der Waals surface area contributed by atoms with Crippen LogP contribution in [0.2, 0.25) is 0 Å². The summed E-state index contributed by atoms with van der Waals surface area (Å²) in [6.07, 6.45) is 2.85. The first kappa shape index (κ1) is 14.8. The van der Waals surface area contributed by atoms with Gasteiger partial charge >= 0.3 is 0 Å². The van der Waals surface area contributed by atoms with Crippen LogP contribution in [-0.2, 0) is 0 Å². The number of aromatic nitrogens is 1. The van der Waals surface area contributed by atoms with Crippen LogP contribution in [0.1, 0.15) is 23.8 Å². The molecular weight excluding hydrogens is 252 g/mol. The molecule has 1 aromatic rings. The van der Waals surface area contributed by atoms with E-state index in [2.05, 4.69) is 16.8 Å². The lowest BCUT2D eigenvalue weighted by molar-refractivity contribution is 0.0822. The molecule has 0 spiro atoms. The molecule has 1 fully saturated rings. The average Bonchev–Trinajstić information content (AvgIpc) is 2.47. The van der Waals surface area contributed by atoms with Gasteiger partial charge in [0.1, 0.15) is 5.69 Å². The number of rotatable bonds is 3. The topological polar surface area (TPSA) is 62.5 Å². The number of anilines is 1. The van der Waals surface area contributed by atoms with Gasteiger partial charge in [0.15, 0.2) is 0 Å². The van der Waals surface area contributed by atoms with Crippen molar-refractivity contribution in [2.24, 2.45) is 17.6 Å². The van der Waals surface area contributed by atoms with Crippen LogP contribution in [-0.4, -0.2) is 49.5 Å². The van der Waals surface area contributed by atoms with Gasteiger partial charge in [0.2, 0.25) is 0 Å². The Labute approximate surface area is 120 Å². The summed E-state index contributed by atoms with van der Waals surface area (Å²) in [6, 6.07) is 3.85. The van der Waals surface area contributed by atoms with Gasteiger partial charge in [-0.25, -0.2) is 0 Å². The lowest BCUT2D eigenvalue weighted by atomic mass is 9.87. The Hall–Kier alpha value is -1.62. The van der Waals surface area contributed by atoms with Crippen molar-refractivity contribution in [3.8, 4) is 0 Å². The minimum Gasteiger partial charge on any atom is -0.371 e. The maximum atomic E-state index is 12.0. The second-order valence-corrected chi connectivity index (χ2v) is 5.81. The Morgan fingerprint density at radius 3 is 2.95 bits per heavy atom. The molecule has 0 radical (unpaired) electrons. The molecule has 2 atom stereocenters. The van der Waals surface area contributed by atoms with Crippen LogP contribution in [0.25, 0.3) is 0 Å². The molecule has 0 bridgehead atoms. The third-order valence-corrected chi connectivity index (χ3v) is 4.15. The number of pyridine rings is 1. The summed E-state index contributed by atoms with van der Waals surface area (Å²) in [7, 11) is 3.48. The average molecular weight is 276 g/mol. The SMILES string of the molecule is CC1CCN(c2ccnc(C(=O)N(C)C)c2)CC1CN. The molecule has 2 N–H and O–H groups in total. The van der Waals surface area contributed by atoms with Crippen LogP contribution in [0.5, 0.6) is 0 Å². The molecule has 0 saturated carbocycles. The summed E-state index contributed by atoms with van der Waals surface area (Å²) in [5.74, 6) is 1.12. The lowest BCUT2D eigenvalue weighted by Crippen LogP contribution is -2.42. The van der Waals surface area contributed by atoms with E-state index in [1.165, 1.54) is 0 Å². The van der Waals surface area contributed by atoms with Gasteiger partial charge in [0.05, 0.1) is 0 Å². The predicted molar refractivity (Wildman–Crippen MR) is 80.8 cm³/mol. The maximum Gasteiger partial charge on any atom is 0.272 e. The van der Waals surface area contributed by atoms with Crippen molar-refractivity contribution in [3.05, 3.63) is 24.0 Å². The maximum absolute atomic E-state index is 12.0. The van der Waals surface area contributed by atoms with E-state index >= 15 is 0 Å². The van der Waals surface area contributed by atoms with E-state index in [1.54, 1.807) is 25.2 Å². The van der Waals surface area contributed by atoms with E-state index in [1.807, 2.05) is 12.1 Å². The zero-order valence-corrected chi connectivity index (χ0v) is 12.5. The zero-order valence-electron chi connectivity index (χ0n) is 12.5. The van der Waals surface area contributed by atoms with Gasteiger partial charge in [-0.1, -0.05) is 6.92 Å². The van der Waals surface area contributed by atoms with Crippen LogP contribution in [0.3, 0.4) is 0 Å². The van der Waals surface area contributed by atoms with Crippen molar-refractivity contribution in [1.82, 2.24) is 9.88 Å². The molecule has 20 heavy (non-hydrogen) atoms. The van der Waals surface area contributed by atoms with Gasteiger partial charge in [-0.15, -0.1) is 0 Å². The first-order valence-electron chi connectivity index (χ1n) is 7.15. The van der Waals surface area contributed by atoms with Crippen molar-refractivity contribution < 1.29 is 4.79 Å². The van der Waals surface area contributed by atoms with Gasteiger partial charge in [0, 0.05) is 39.1 Å². The van der Waals surface area contributed by atoms with E-state index in [0.717, 1.165) is 25.2 Å². The van der Waals surface area contributed by atoms with Crippen molar-refractivity contribution >= 4 is 11.6 Å². The summed E-state index contributed by atoms with van der Waals surface area (Å²) < 4.78 is 0. The second kappa shape index (κ2) is 6.22. The van der Waals surface area contributed by atoms with Gasteiger partial charge < -0.3 is 15.5 Å². The molecule has 2 unspecified atom stereocenters. The molecule has 5 heteroatoms. The predicted octanol–water partition coefficient (Wildman–Crippen LogP) is 1.20. The Morgan fingerprint density at radius 2 is 2.30 bits per heavy atom. The van der Waals surface area contributed by atoms with Crippen LogP contribution in [0.4, 0.5) is 5.69 Å². The van der Waals surface area contributed by atoms with Gasteiger partial charge in [-0.05, 0) is 36.9 Å². The largest absolute Gasteiger partial charge is 0.371 e. The first-order valence-corrected chi connectivity index (χ1v) is 7.15. The Bertz CT molecular complexity index is 475. The van der Waals surface area contributed by atoms with Crippen LogP contribution in [0, 0.1) is 11.8 Å². The molecule has 2 rings (SSSR count). The molecule has 110 valence electrons. The number of hydrogen-bond donors (Lipinski definition) is 1. The molecular formula is C15H24N4O. The smallest absolute Gasteiger partial charge is 0.272 e. The molecule has 5 nitrogen and oxygen atoms in total. The van der Waals surface area contributed by atoms with Crippen LogP contribution >= 0.6 is 0 Å². The summed E-state index contributed by atoms with van der Waals surface area (Å²) in [5, 5.41) is 0. The summed E-state index contributed by atoms with van der Waals surface area (Å²) in [6.45, 7) is 4.95. The Balaban J connectivity index is 2.17. The lowest BCUT2D eigenvalue weighted by Gasteiger charge is -2.38. The minimum atomic E-state index is -0.0624. The van der Waals surface area contributed by atoms with E-state index < -0.39 is 0 Å². The monoisotopic (exact) mass is 276 g/mol. The van der Waals surface area contributed by atoms with E-state index in [9.17, 15) is 4.79 Å². The zero-order chi connectivity index (χ0) is 14.7. The Morgan fingerprint density at radius 1 is 1.55 bits per heavy atom. The van der Waals surface area contributed by atoms with E-state index in [-0.39, 0.29) is 5.91 Å². The third-order valence-electron chi connectivity index (χ3n) is 4.15. The number of carbonyl (C=O) groups is 1. The third kappa shape index (κ3) is 3.10. The van der Waals surface area contributed by atoms with E-state index in [4.69, 9.17) is 5.73 Å². The number of nitrogens with zero attached hydrogens (tertiary/aromatic N) is 3. The van der Waals surface area contributed by atoms with Crippen molar-refractivity contribution in [2.75, 3.05) is 38.6 Å². The van der Waals surface area contributed by atoms with Gasteiger partial charge in [-0.2, -0.15) is 0 Å². The molecule has 1 aliphatic heterocycles. The van der Waals surface area contributed by atoms with Crippen molar-refractivity contribution in [2.45, 2.75) is 13.3 Å². The highest BCUT2D eigenvalue weighted by Gasteiger charge is 2.25. The molecule has 0 aromatic carbocycles. The fraction of sp³-hybridized carbons (Fsp3) is 0.600. The number of hydrogen-bond acceptors (Lipinski definition) is 4. The Kier molecular flexibility index (Phi) is 4.60. The van der Waals surface area contributed by atoms with E-state index in [0.29, 0.717) is 24.1 Å². The summed E-state index contributed by atoms with van der Waals surface area (Å²) in [4.78, 5) is 20.0. The van der Waals surface area contributed by atoms with Gasteiger partial charge in [-0.3, -0.25) is 9.78 Å². The molecule has 1 saturated heterocycles. The fourth-order valence-corrected chi connectivity index (χ4v) is 2.65.